The molecule has 4 aromatic rings. The lowest BCUT2D eigenvalue weighted by Gasteiger charge is -2.13. The summed E-state index contributed by atoms with van der Waals surface area (Å²) >= 11 is 1.39. The van der Waals surface area contributed by atoms with Gasteiger partial charge in [0.05, 0.1) is 18.1 Å². The lowest BCUT2D eigenvalue weighted by molar-refractivity contribution is -0.120. The Bertz CT molecular complexity index is 1080. The number of benzene rings is 2. The average Bonchev–Trinajstić information content (AvgIpc) is 3.44. The van der Waals surface area contributed by atoms with Crippen molar-refractivity contribution in [2.24, 2.45) is 0 Å². The molecule has 0 saturated carbocycles. The molecule has 0 aliphatic rings. The van der Waals surface area contributed by atoms with Crippen LogP contribution < -0.4 is 5.32 Å². The number of thioether (sulfide) groups is 1. The zero-order chi connectivity index (χ0) is 20.8. The van der Waals surface area contributed by atoms with E-state index in [2.05, 4.69) is 27.6 Å². The van der Waals surface area contributed by atoms with Gasteiger partial charge in [-0.25, -0.2) is 0 Å². The maximum absolute atomic E-state index is 12.6. The molecule has 30 heavy (non-hydrogen) atoms. The first-order chi connectivity index (χ1) is 14.7. The molecule has 2 heterocycles. The van der Waals surface area contributed by atoms with Crippen LogP contribution in [-0.2, 0) is 17.9 Å². The van der Waals surface area contributed by atoms with Crippen LogP contribution in [0.25, 0.3) is 11.6 Å². The Balaban J connectivity index is 1.50. The number of carbonyl (C=O) groups is 1. The number of aromatic nitrogens is 3. The van der Waals surface area contributed by atoms with Crippen LogP contribution in [0.5, 0.6) is 0 Å². The molecule has 0 bridgehead atoms. The van der Waals surface area contributed by atoms with Crippen molar-refractivity contribution in [3.63, 3.8) is 0 Å². The molecule has 0 saturated heterocycles. The fraction of sp³-hybridized carbons (Fsp3) is 0.174. The lowest BCUT2D eigenvalue weighted by Crippen LogP contribution is -2.30. The summed E-state index contributed by atoms with van der Waals surface area (Å²) in [6.07, 6.45) is 1.61. The Labute approximate surface area is 179 Å². The van der Waals surface area contributed by atoms with Crippen LogP contribution in [0.15, 0.2) is 88.6 Å². The van der Waals surface area contributed by atoms with E-state index >= 15 is 0 Å². The first kappa shape index (κ1) is 20.0. The van der Waals surface area contributed by atoms with Gasteiger partial charge in [-0.05, 0) is 30.2 Å². The Morgan fingerprint density at radius 2 is 1.70 bits per heavy atom. The minimum Gasteiger partial charge on any atom is -0.461 e. The molecular formula is C23H22N4O2S. The highest BCUT2D eigenvalue weighted by Gasteiger charge is 2.22. The molecular weight excluding hydrogens is 396 g/mol. The van der Waals surface area contributed by atoms with E-state index in [1.54, 1.807) is 6.26 Å². The van der Waals surface area contributed by atoms with Gasteiger partial charge in [0.25, 0.3) is 0 Å². The normalized spacial score (nSPS) is 11.9. The standard InChI is InChI=1S/C23H22N4O2S/c1-17(22(28)24-15-18-9-4-2-5-10-18)30-23-26-25-21(20-13-8-14-29-20)27(23)16-19-11-6-3-7-12-19/h2-14,17H,15-16H2,1H3,(H,24,28)/t17-/m1/s1. The van der Waals surface area contributed by atoms with Gasteiger partial charge in [-0.3, -0.25) is 9.36 Å². The molecule has 0 spiro atoms. The molecule has 1 N–H and O–H groups in total. The summed E-state index contributed by atoms with van der Waals surface area (Å²) in [5.41, 5.74) is 2.18. The third-order valence-electron chi connectivity index (χ3n) is 4.60. The Morgan fingerprint density at radius 3 is 2.37 bits per heavy atom. The summed E-state index contributed by atoms with van der Waals surface area (Å²) in [6.45, 7) is 2.96. The van der Waals surface area contributed by atoms with Gasteiger partial charge in [-0.15, -0.1) is 10.2 Å². The summed E-state index contributed by atoms with van der Waals surface area (Å²) in [5, 5.41) is 12.0. The van der Waals surface area contributed by atoms with Gasteiger partial charge in [0.1, 0.15) is 0 Å². The topological polar surface area (TPSA) is 73.0 Å². The van der Waals surface area contributed by atoms with E-state index in [4.69, 9.17) is 4.42 Å². The highest BCUT2D eigenvalue weighted by atomic mass is 32.2. The van der Waals surface area contributed by atoms with E-state index in [1.165, 1.54) is 11.8 Å². The van der Waals surface area contributed by atoms with E-state index in [-0.39, 0.29) is 11.2 Å². The van der Waals surface area contributed by atoms with Gasteiger partial charge < -0.3 is 9.73 Å². The van der Waals surface area contributed by atoms with Gasteiger partial charge in [0, 0.05) is 6.54 Å². The van der Waals surface area contributed by atoms with Crippen molar-refractivity contribution in [3.05, 3.63) is 90.2 Å². The smallest absolute Gasteiger partial charge is 0.233 e. The Kier molecular flexibility index (Phi) is 6.29. The molecule has 2 aromatic heterocycles. The van der Waals surface area contributed by atoms with E-state index in [9.17, 15) is 4.79 Å². The van der Waals surface area contributed by atoms with Crippen molar-refractivity contribution >= 4 is 17.7 Å². The monoisotopic (exact) mass is 418 g/mol. The number of nitrogens with zero attached hydrogens (tertiary/aromatic N) is 3. The second-order valence-electron chi connectivity index (χ2n) is 6.82. The molecule has 0 radical (unpaired) electrons. The molecule has 1 atom stereocenters. The van der Waals surface area contributed by atoms with Crippen molar-refractivity contribution in [2.75, 3.05) is 0 Å². The van der Waals surface area contributed by atoms with Crippen molar-refractivity contribution in [2.45, 2.75) is 30.4 Å². The summed E-state index contributed by atoms with van der Waals surface area (Å²) in [5.74, 6) is 1.24. The van der Waals surface area contributed by atoms with E-state index in [1.807, 2.05) is 72.2 Å². The molecule has 4 rings (SSSR count). The van der Waals surface area contributed by atoms with Crippen LogP contribution in [0, 0.1) is 0 Å². The quantitative estimate of drug-likeness (QED) is 0.430. The van der Waals surface area contributed by atoms with Gasteiger partial charge >= 0.3 is 0 Å². The second kappa shape index (κ2) is 9.45. The zero-order valence-corrected chi connectivity index (χ0v) is 17.4. The molecule has 6 nitrogen and oxygen atoms in total. The average molecular weight is 419 g/mol. The summed E-state index contributed by atoms with van der Waals surface area (Å²) in [4.78, 5) is 12.6. The van der Waals surface area contributed by atoms with Crippen LogP contribution in [0.2, 0.25) is 0 Å². The van der Waals surface area contributed by atoms with Gasteiger partial charge in [0.15, 0.2) is 10.9 Å². The predicted octanol–water partition coefficient (Wildman–Crippen LogP) is 4.38. The van der Waals surface area contributed by atoms with Gasteiger partial charge in [-0.1, -0.05) is 72.4 Å². The SMILES string of the molecule is C[C@@H](Sc1nnc(-c2ccco2)n1Cc1ccccc1)C(=O)NCc1ccccc1. The minimum atomic E-state index is -0.322. The van der Waals surface area contributed by atoms with E-state index in [0.29, 0.717) is 29.8 Å². The number of rotatable bonds is 8. The van der Waals surface area contributed by atoms with E-state index < -0.39 is 0 Å². The first-order valence-electron chi connectivity index (χ1n) is 9.70. The number of furan rings is 1. The molecule has 0 unspecified atom stereocenters. The maximum Gasteiger partial charge on any atom is 0.233 e. The van der Waals surface area contributed by atoms with Crippen molar-refractivity contribution in [3.8, 4) is 11.6 Å². The fourth-order valence-corrected chi connectivity index (χ4v) is 3.89. The maximum atomic E-state index is 12.6. The Hall–Kier alpha value is -3.32. The van der Waals surface area contributed by atoms with Gasteiger partial charge in [-0.2, -0.15) is 0 Å². The summed E-state index contributed by atoms with van der Waals surface area (Å²) in [7, 11) is 0. The van der Waals surface area contributed by atoms with Crippen LogP contribution in [0.4, 0.5) is 0 Å². The molecule has 152 valence electrons. The largest absolute Gasteiger partial charge is 0.461 e. The van der Waals surface area contributed by atoms with Crippen molar-refractivity contribution in [1.82, 2.24) is 20.1 Å². The third kappa shape index (κ3) is 4.80. The van der Waals surface area contributed by atoms with Crippen LogP contribution in [-0.4, -0.2) is 25.9 Å². The highest BCUT2D eigenvalue weighted by Crippen LogP contribution is 2.28. The Morgan fingerprint density at radius 1 is 1.00 bits per heavy atom. The van der Waals surface area contributed by atoms with Crippen LogP contribution in [0.3, 0.4) is 0 Å². The number of hydrogen-bond acceptors (Lipinski definition) is 5. The number of amides is 1. The summed E-state index contributed by atoms with van der Waals surface area (Å²) < 4.78 is 7.53. The van der Waals surface area contributed by atoms with Crippen LogP contribution in [0.1, 0.15) is 18.1 Å². The molecule has 7 heteroatoms. The fourth-order valence-electron chi connectivity index (χ4n) is 3.01. The molecule has 0 fully saturated rings. The van der Waals surface area contributed by atoms with Crippen molar-refractivity contribution in [1.29, 1.82) is 0 Å². The number of hydrogen-bond donors (Lipinski definition) is 1. The second-order valence-corrected chi connectivity index (χ2v) is 8.13. The lowest BCUT2D eigenvalue weighted by atomic mass is 10.2. The van der Waals surface area contributed by atoms with E-state index in [0.717, 1.165) is 11.1 Å². The predicted molar refractivity (Wildman–Crippen MR) is 117 cm³/mol. The number of nitrogens with one attached hydrogen (secondary N) is 1. The first-order valence-corrected chi connectivity index (χ1v) is 10.6. The minimum absolute atomic E-state index is 0.0438. The summed E-state index contributed by atoms with van der Waals surface area (Å²) in [6, 6.07) is 23.6. The molecule has 0 aliphatic heterocycles. The third-order valence-corrected chi connectivity index (χ3v) is 5.68. The highest BCUT2D eigenvalue weighted by molar-refractivity contribution is 8.00. The van der Waals surface area contributed by atoms with Crippen molar-refractivity contribution < 1.29 is 9.21 Å². The molecule has 1 amide bonds. The van der Waals surface area contributed by atoms with Crippen LogP contribution >= 0.6 is 11.8 Å². The zero-order valence-electron chi connectivity index (χ0n) is 16.6. The van der Waals surface area contributed by atoms with Gasteiger partial charge in [0.2, 0.25) is 11.7 Å². The molecule has 2 aromatic carbocycles. The number of carbonyl (C=O) groups excluding carboxylic acids is 1. The molecule has 0 aliphatic carbocycles.